The normalized spacial score (nSPS) is 31.3. The number of fused-ring (bicyclic) bond motifs is 1. The van der Waals surface area contributed by atoms with Gasteiger partial charge in [-0.1, -0.05) is 11.6 Å². The zero-order valence-corrected chi connectivity index (χ0v) is 12.0. The van der Waals surface area contributed by atoms with Gasteiger partial charge in [0.05, 0.1) is 17.0 Å². The standard InChI is InChI=1S/C13H16ClNO3S/c14-10-1-4-19-11(10)6-15-5-9-7-18-3-2-13(9,8-15)12(16)17/h1,4,9H,2-3,5-8H2,(H,16,17)/t9-,13+/m1/s1. The van der Waals surface area contributed by atoms with E-state index >= 15 is 0 Å². The first-order chi connectivity index (χ1) is 9.12. The lowest BCUT2D eigenvalue weighted by Crippen LogP contribution is -2.44. The fourth-order valence-electron chi connectivity index (χ4n) is 3.17. The van der Waals surface area contributed by atoms with Gasteiger partial charge in [-0.2, -0.15) is 0 Å². The molecule has 2 aliphatic rings. The maximum atomic E-state index is 11.7. The highest BCUT2D eigenvalue weighted by Crippen LogP contribution is 2.43. The fourth-order valence-corrected chi connectivity index (χ4v) is 4.30. The molecule has 104 valence electrons. The molecule has 0 radical (unpaired) electrons. The van der Waals surface area contributed by atoms with Crippen molar-refractivity contribution in [2.75, 3.05) is 26.3 Å². The van der Waals surface area contributed by atoms with Crippen LogP contribution in [-0.2, 0) is 16.1 Å². The molecule has 6 heteroatoms. The summed E-state index contributed by atoms with van der Waals surface area (Å²) >= 11 is 7.74. The van der Waals surface area contributed by atoms with Crippen molar-refractivity contribution < 1.29 is 14.6 Å². The van der Waals surface area contributed by atoms with E-state index in [1.807, 2.05) is 11.4 Å². The molecule has 2 atom stereocenters. The van der Waals surface area contributed by atoms with Gasteiger partial charge in [0.1, 0.15) is 0 Å². The highest BCUT2D eigenvalue weighted by molar-refractivity contribution is 7.10. The fraction of sp³-hybridized carbons (Fsp3) is 0.615. The molecule has 2 saturated heterocycles. The van der Waals surface area contributed by atoms with Gasteiger partial charge < -0.3 is 9.84 Å². The summed E-state index contributed by atoms with van der Waals surface area (Å²) in [5.41, 5.74) is -0.623. The molecule has 0 saturated carbocycles. The molecule has 0 aliphatic carbocycles. The van der Waals surface area contributed by atoms with E-state index in [0.717, 1.165) is 23.0 Å². The topological polar surface area (TPSA) is 49.8 Å². The number of ether oxygens (including phenoxy) is 1. The summed E-state index contributed by atoms with van der Waals surface area (Å²) in [6.45, 7) is 3.23. The molecule has 1 N–H and O–H groups in total. The van der Waals surface area contributed by atoms with Crippen LogP contribution in [0.15, 0.2) is 11.4 Å². The summed E-state index contributed by atoms with van der Waals surface area (Å²) in [5, 5.41) is 12.3. The molecule has 4 nitrogen and oxygen atoms in total. The van der Waals surface area contributed by atoms with Crippen LogP contribution in [0.25, 0.3) is 0 Å². The molecule has 1 aromatic rings. The third-order valence-corrected chi connectivity index (χ3v) is 5.63. The molecule has 2 aliphatic heterocycles. The Labute approximate surface area is 120 Å². The second-order valence-corrected chi connectivity index (χ2v) is 6.75. The lowest BCUT2D eigenvalue weighted by atomic mass is 9.74. The van der Waals surface area contributed by atoms with Crippen molar-refractivity contribution in [3.63, 3.8) is 0 Å². The van der Waals surface area contributed by atoms with Crippen LogP contribution < -0.4 is 0 Å². The van der Waals surface area contributed by atoms with Gasteiger partial charge in [0.25, 0.3) is 0 Å². The molecule has 0 aromatic carbocycles. The predicted molar refractivity (Wildman–Crippen MR) is 73.6 cm³/mol. The van der Waals surface area contributed by atoms with E-state index in [0.29, 0.717) is 26.2 Å². The maximum Gasteiger partial charge on any atom is 0.311 e. The van der Waals surface area contributed by atoms with E-state index in [-0.39, 0.29) is 5.92 Å². The first-order valence-corrected chi connectivity index (χ1v) is 7.63. The molecular weight excluding hydrogens is 286 g/mol. The summed E-state index contributed by atoms with van der Waals surface area (Å²) < 4.78 is 5.45. The van der Waals surface area contributed by atoms with Gasteiger partial charge >= 0.3 is 5.97 Å². The highest BCUT2D eigenvalue weighted by atomic mass is 35.5. The van der Waals surface area contributed by atoms with E-state index < -0.39 is 11.4 Å². The SMILES string of the molecule is O=C(O)[C@]12CCOC[C@H]1CN(Cc1sccc1Cl)C2. The van der Waals surface area contributed by atoms with Crippen LogP contribution in [0, 0.1) is 11.3 Å². The Hall–Kier alpha value is -0.620. The number of carboxylic acid groups (broad SMARTS) is 1. The molecule has 3 heterocycles. The zero-order chi connectivity index (χ0) is 13.5. The van der Waals surface area contributed by atoms with Crippen molar-refractivity contribution >= 4 is 28.9 Å². The molecule has 0 amide bonds. The van der Waals surface area contributed by atoms with Crippen molar-refractivity contribution in [2.24, 2.45) is 11.3 Å². The van der Waals surface area contributed by atoms with E-state index in [1.165, 1.54) is 0 Å². The predicted octanol–water partition coefficient (Wildman–Crippen LogP) is 2.32. The highest BCUT2D eigenvalue weighted by Gasteiger charge is 2.53. The number of carboxylic acids is 1. The first-order valence-electron chi connectivity index (χ1n) is 6.37. The lowest BCUT2D eigenvalue weighted by Gasteiger charge is -2.34. The third kappa shape index (κ3) is 2.29. The molecule has 0 spiro atoms. The van der Waals surface area contributed by atoms with Crippen LogP contribution in [0.5, 0.6) is 0 Å². The molecule has 1 aromatic heterocycles. The summed E-state index contributed by atoms with van der Waals surface area (Å²) in [4.78, 5) is 15.0. The van der Waals surface area contributed by atoms with Gasteiger partial charge in [0.15, 0.2) is 0 Å². The summed E-state index contributed by atoms with van der Waals surface area (Å²) in [7, 11) is 0. The Kier molecular flexibility index (Phi) is 3.55. The maximum absolute atomic E-state index is 11.7. The molecule has 2 fully saturated rings. The molecule has 3 rings (SSSR count). The lowest BCUT2D eigenvalue weighted by molar-refractivity contribution is -0.157. The Balaban J connectivity index is 1.77. The van der Waals surface area contributed by atoms with Crippen LogP contribution in [-0.4, -0.2) is 42.3 Å². The second-order valence-electron chi connectivity index (χ2n) is 5.34. The Morgan fingerprint density at radius 3 is 3.16 bits per heavy atom. The number of hydrogen-bond acceptors (Lipinski definition) is 4. The zero-order valence-electron chi connectivity index (χ0n) is 10.5. The van der Waals surface area contributed by atoms with E-state index in [2.05, 4.69) is 4.90 Å². The minimum absolute atomic E-state index is 0.0949. The minimum Gasteiger partial charge on any atom is -0.481 e. The van der Waals surface area contributed by atoms with Crippen LogP contribution in [0.3, 0.4) is 0 Å². The van der Waals surface area contributed by atoms with Gasteiger partial charge in [0, 0.05) is 37.0 Å². The van der Waals surface area contributed by atoms with Crippen LogP contribution in [0.4, 0.5) is 0 Å². The van der Waals surface area contributed by atoms with Crippen molar-refractivity contribution in [3.8, 4) is 0 Å². The number of aliphatic carboxylic acids is 1. The van der Waals surface area contributed by atoms with Gasteiger partial charge in [-0.3, -0.25) is 9.69 Å². The number of thiophene rings is 1. The number of halogens is 1. The van der Waals surface area contributed by atoms with Crippen molar-refractivity contribution in [1.29, 1.82) is 0 Å². The first kappa shape index (κ1) is 13.4. The monoisotopic (exact) mass is 301 g/mol. The van der Waals surface area contributed by atoms with E-state index in [4.69, 9.17) is 16.3 Å². The van der Waals surface area contributed by atoms with E-state index in [1.54, 1.807) is 11.3 Å². The number of likely N-dealkylation sites (tertiary alicyclic amines) is 1. The Morgan fingerprint density at radius 1 is 1.68 bits per heavy atom. The van der Waals surface area contributed by atoms with Crippen LogP contribution in [0.2, 0.25) is 5.02 Å². The third-order valence-electron chi connectivity index (χ3n) is 4.26. The second kappa shape index (κ2) is 5.05. The van der Waals surface area contributed by atoms with E-state index in [9.17, 15) is 9.90 Å². The van der Waals surface area contributed by atoms with Crippen molar-refractivity contribution in [1.82, 2.24) is 4.90 Å². The average molecular weight is 302 g/mol. The number of carbonyl (C=O) groups is 1. The Morgan fingerprint density at radius 2 is 2.53 bits per heavy atom. The smallest absolute Gasteiger partial charge is 0.311 e. The van der Waals surface area contributed by atoms with Crippen LogP contribution in [0.1, 0.15) is 11.3 Å². The summed E-state index contributed by atoms with van der Waals surface area (Å²) in [5.74, 6) is -0.585. The van der Waals surface area contributed by atoms with Gasteiger partial charge in [-0.05, 0) is 17.9 Å². The quantitative estimate of drug-likeness (QED) is 0.931. The van der Waals surface area contributed by atoms with Crippen molar-refractivity contribution in [2.45, 2.75) is 13.0 Å². The van der Waals surface area contributed by atoms with Gasteiger partial charge in [-0.15, -0.1) is 11.3 Å². The average Bonchev–Trinajstić information content (AvgIpc) is 2.94. The van der Waals surface area contributed by atoms with Gasteiger partial charge in [0.2, 0.25) is 0 Å². The number of rotatable bonds is 3. The molecule has 0 unspecified atom stereocenters. The van der Waals surface area contributed by atoms with Crippen LogP contribution >= 0.6 is 22.9 Å². The molecule has 0 bridgehead atoms. The summed E-state index contributed by atoms with van der Waals surface area (Å²) in [6, 6.07) is 1.89. The molecular formula is C13H16ClNO3S. The van der Waals surface area contributed by atoms with Crippen molar-refractivity contribution in [3.05, 3.63) is 21.3 Å². The number of hydrogen-bond donors (Lipinski definition) is 1. The Bertz CT molecular complexity index is 492. The van der Waals surface area contributed by atoms with Gasteiger partial charge in [-0.25, -0.2) is 0 Å². The molecule has 19 heavy (non-hydrogen) atoms. The summed E-state index contributed by atoms with van der Waals surface area (Å²) in [6.07, 6.45) is 0.613. The number of nitrogens with zero attached hydrogens (tertiary/aromatic N) is 1. The minimum atomic E-state index is -0.680. The largest absolute Gasteiger partial charge is 0.481 e.